The van der Waals surface area contributed by atoms with Gasteiger partial charge in [-0.2, -0.15) is 10.2 Å². The van der Waals surface area contributed by atoms with Crippen LogP contribution in [0.3, 0.4) is 0 Å². The number of carbonyl (C=O) groups is 1. The lowest BCUT2D eigenvalue weighted by atomic mass is 9.85. The van der Waals surface area contributed by atoms with E-state index in [0.29, 0.717) is 54.6 Å². The van der Waals surface area contributed by atoms with Gasteiger partial charge >= 0.3 is 0 Å². The zero-order chi connectivity index (χ0) is 25.7. The Hall–Kier alpha value is -3.56. The molecule has 0 radical (unpaired) electrons. The summed E-state index contributed by atoms with van der Waals surface area (Å²) in [4.78, 5) is 17.3. The maximum atomic E-state index is 13.8. The zero-order valence-electron chi connectivity index (χ0n) is 20.7. The van der Waals surface area contributed by atoms with Gasteiger partial charge in [-0.3, -0.25) is 9.69 Å². The minimum absolute atomic E-state index is 0.103. The summed E-state index contributed by atoms with van der Waals surface area (Å²) in [6, 6.07) is 14.0. The van der Waals surface area contributed by atoms with Crippen molar-refractivity contribution in [3.05, 3.63) is 65.6 Å². The molecule has 37 heavy (non-hydrogen) atoms. The molecular weight excluding hydrogens is 493 g/mol. The molecule has 190 valence electrons. The maximum absolute atomic E-state index is 13.8. The van der Waals surface area contributed by atoms with E-state index in [0.717, 1.165) is 16.6 Å². The largest absolute Gasteiger partial charge is 0.353 e. The van der Waals surface area contributed by atoms with Crippen LogP contribution in [0.5, 0.6) is 0 Å². The molecule has 2 saturated heterocycles. The Morgan fingerprint density at radius 1 is 1.08 bits per heavy atom. The smallest absolute Gasteiger partial charge is 0.241 e. The van der Waals surface area contributed by atoms with Gasteiger partial charge in [0.1, 0.15) is 16.9 Å². The summed E-state index contributed by atoms with van der Waals surface area (Å²) in [7, 11) is 0. The van der Waals surface area contributed by atoms with E-state index in [1.807, 2.05) is 24.3 Å². The molecule has 0 bridgehead atoms. The highest BCUT2D eigenvalue weighted by atomic mass is 35.5. The van der Waals surface area contributed by atoms with Crippen LogP contribution >= 0.6 is 11.6 Å². The number of nitrogens with zero attached hydrogens (tertiary/aromatic N) is 6. The molecule has 0 atom stereocenters. The van der Waals surface area contributed by atoms with Gasteiger partial charge in [-0.1, -0.05) is 23.7 Å². The molecule has 2 fully saturated rings. The average Bonchev–Trinajstić information content (AvgIpc) is 3.43. The van der Waals surface area contributed by atoms with Gasteiger partial charge in [0, 0.05) is 24.7 Å². The van der Waals surface area contributed by atoms with Crippen LogP contribution in [-0.4, -0.2) is 62.1 Å². The molecule has 2 aliphatic heterocycles. The first kappa shape index (κ1) is 23.8. The molecule has 0 unspecified atom stereocenters. The Kier molecular flexibility index (Phi) is 5.84. The van der Waals surface area contributed by atoms with Crippen molar-refractivity contribution in [2.45, 2.75) is 38.3 Å². The van der Waals surface area contributed by atoms with Gasteiger partial charge in [0.15, 0.2) is 5.82 Å². The third kappa shape index (κ3) is 3.84. The van der Waals surface area contributed by atoms with Crippen LogP contribution in [0.1, 0.15) is 26.7 Å². The first-order valence-corrected chi connectivity index (χ1v) is 12.8. The summed E-state index contributed by atoms with van der Waals surface area (Å²) in [6.45, 7) is 6.12. The van der Waals surface area contributed by atoms with Gasteiger partial charge in [-0.25, -0.2) is 9.07 Å². The predicted octanol–water partition coefficient (Wildman–Crippen LogP) is 4.41. The summed E-state index contributed by atoms with van der Waals surface area (Å²) >= 11 is 6.58. The fourth-order valence-corrected chi connectivity index (χ4v) is 5.90. The van der Waals surface area contributed by atoms with Crippen LogP contribution in [-0.2, 0) is 4.79 Å². The number of rotatable bonds is 4. The second-order valence-corrected chi connectivity index (χ2v) is 10.3. The monoisotopic (exact) mass is 519 g/mol. The number of hydrogen-bond donors (Lipinski definition) is 1. The molecule has 2 aromatic carbocycles. The molecule has 2 aromatic heterocycles. The van der Waals surface area contributed by atoms with Crippen molar-refractivity contribution in [1.82, 2.24) is 30.2 Å². The minimum Gasteiger partial charge on any atom is -0.353 e. The van der Waals surface area contributed by atoms with Crippen molar-refractivity contribution in [3.8, 4) is 16.9 Å². The molecule has 1 N–H and O–H groups in total. The number of para-hydroxylation sites is 1. The molecule has 0 saturated carbocycles. The lowest BCUT2D eigenvalue weighted by Crippen LogP contribution is -2.58. The first-order valence-electron chi connectivity index (χ1n) is 12.4. The predicted molar refractivity (Wildman–Crippen MR) is 141 cm³/mol. The molecule has 4 heterocycles. The Morgan fingerprint density at radius 3 is 2.51 bits per heavy atom. The molecule has 8 nitrogen and oxygen atoms in total. The SMILES string of the molecule is CC(C)N1CNC(=O)C12CCN(c1nncc3c(-c4ccc(F)cc4)n(-c4ccccc4Cl)nc13)CC2. The number of hydrogen-bond acceptors (Lipinski definition) is 6. The highest BCUT2D eigenvalue weighted by Gasteiger charge is 2.51. The van der Waals surface area contributed by atoms with Crippen molar-refractivity contribution >= 4 is 34.2 Å². The van der Waals surface area contributed by atoms with E-state index in [9.17, 15) is 9.18 Å². The molecule has 2 aliphatic rings. The van der Waals surface area contributed by atoms with E-state index in [1.54, 1.807) is 23.0 Å². The maximum Gasteiger partial charge on any atom is 0.241 e. The van der Waals surface area contributed by atoms with Crippen molar-refractivity contribution < 1.29 is 9.18 Å². The first-order chi connectivity index (χ1) is 17.9. The fourth-order valence-electron chi connectivity index (χ4n) is 5.69. The van der Waals surface area contributed by atoms with E-state index < -0.39 is 5.54 Å². The third-order valence-corrected chi connectivity index (χ3v) is 7.89. The minimum atomic E-state index is -0.498. The van der Waals surface area contributed by atoms with Crippen LogP contribution in [0.15, 0.2) is 54.7 Å². The van der Waals surface area contributed by atoms with Gasteiger partial charge in [0.25, 0.3) is 0 Å². The third-order valence-electron chi connectivity index (χ3n) is 7.57. The van der Waals surface area contributed by atoms with Crippen LogP contribution < -0.4 is 10.2 Å². The van der Waals surface area contributed by atoms with Crippen molar-refractivity contribution in [1.29, 1.82) is 0 Å². The van der Waals surface area contributed by atoms with E-state index in [2.05, 4.69) is 39.2 Å². The quantitative estimate of drug-likeness (QED) is 0.430. The van der Waals surface area contributed by atoms with Crippen LogP contribution in [0.2, 0.25) is 5.02 Å². The van der Waals surface area contributed by atoms with Gasteiger partial charge in [0.2, 0.25) is 5.91 Å². The van der Waals surface area contributed by atoms with Gasteiger partial charge < -0.3 is 10.2 Å². The molecule has 4 aromatic rings. The summed E-state index contributed by atoms with van der Waals surface area (Å²) in [5.41, 5.74) is 2.44. The Bertz CT molecular complexity index is 1480. The second kappa shape index (κ2) is 9.08. The standard InChI is InChI=1S/C27H27ClFN7O/c1-17(2)35-16-30-26(37)27(35)11-13-34(14-12-27)25-23-20(15-31-32-25)24(18-7-9-19(29)10-8-18)36(33-23)22-6-4-3-5-21(22)28/h3-10,15,17H,11-14,16H2,1-2H3,(H,30,37). The summed E-state index contributed by atoms with van der Waals surface area (Å²) < 4.78 is 15.5. The van der Waals surface area contributed by atoms with Crippen molar-refractivity contribution in [2.24, 2.45) is 0 Å². The van der Waals surface area contributed by atoms with Crippen molar-refractivity contribution in [2.75, 3.05) is 24.7 Å². The summed E-state index contributed by atoms with van der Waals surface area (Å²) in [5.74, 6) is 0.453. The number of carbonyl (C=O) groups excluding carboxylic acids is 1. The lowest BCUT2D eigenvalue weighted by Gasteiger charge is -2.44. The highest BCUT2D eigenvalue weighted by molar-refractivity contribution is 6.32. The van der Waals surface area contributed by atoms with Crippen LogP contribution in [0, 0.1) is 5.82 Å². The molecule has 1 amide bonds. The van der Waals surface area contributed by atoms with Crippen LogP contribution in [0.4, 0.5) is 10.2 Å². The van der Waals surface area contributed by atoms with E-state index in [-0.39, 0.29) is 17.8 Å². The molecule has 1 spiro atoms. The van der Waals surface area contributed by atoms with Crippen LogP contribution in [0.25, 0.3) is 27.8 Å². The molecule has 6 rings (SSSR count). The fraction of sp³-hybridized carbons (Fsp3) is 0.333. The number of halogens is 2. The second-order valence-electron chi connectivity index (χ2n) is 9.90. The van der Waals surface area contributed by atoms with E-state index in [1.165, 1.54) is 12.1 Å². The Morgan fingerprint density at radius 2 is 1.81 bits per heavy atom. The van der Waals surface area contributed by atoms with Gasteiger partial charge in [-0.15, -0.1) is 5.10 Å². The molecular formula is C27H27ClFN7O. The molecule has 10 heteroatoms. The highest BCUT2D eigenvalue weighted by Crippen LogP contribution is 2.39. The number of aromatic nitrogens is 4. The number of nitrogens with one attached hydrogen (secondary N) is 1. The number of piperidine rings is 1. The van der Waals surface area contributed by atoms with E-state index >= 15 is 0 Å². The van der Waals surface area contributed by atoms with Gasteiger partial charge in [-0.05, 0) is 63.1 Å². The summed E-state index contributed by atoms with van der Waals surface area (Å²) in [5, 5.41) is 18.2. The van der Waals surface area contributed by atoms with E-state index in [4.69, 9.17) is 16.7 Å². The Labute approximate surface area is 219 Å². The lowest BCUT2D eigenvalue weighted by molar-refractivity contribution is -0.128. The van der Waals surface area contributed by atoms with Gasteiger partial charge in [0.05, 0.1) is 34.7 Å². The normalized spacial score (nSPS) is 17.8. The summed E-state index contributed by atoms with van der Waals surface area (Å²) in [6.07, 6.45) is 3.06. The average molecular weight is 520 g/mol. The Balaban J connectivity index is 1.44. The number of fused-ring (bicyclic) bond motifs is 1. The number of benzene rings is 2. The number of anilines is 1. The topological polar surface area (TPSA) is 79.2 Å². The van der Waals surface area contributed by atoms with Crippen molar-refractivity contribution in [3.63, 3.8) is 0 Å². The molecule has 0 aliphatic carbocycles. The number of amides is 1. The zero-order valence-corrected chi connectivity index (χ0v) is 21.4.